The summed E-state index contributed by atoms with van der Waals surface area (Å²) in [6, 6.07) is 6.88. The summed E-state index contributed by atoms with van der Waals surface area (Å²) in [6.45, 7) is 2.34. The number of benzene rings is 1. The highest BCUT2D eigenvalue weighted by molar-refractivity contribution is 5.99. The van der Waals surface area contributed by atoms with E-state index in [0.29, 0.717) is 30.6 Å². The molecule has 0 bridgehead atoms. The maximum absolute atomic E-state index is 12.4. The molecule has 2 rings (SSSR count). The van der Waals surface area contributed by atoms with Crippen LogP contribution in [0.5, 0.6) is 0 Å². The molecule has 0 aromatic heterocycles. The molecule has 1 amide bonds. The molecule has 1 aromatic rings. The number of likely N-dealkylation sites (tertiary alicyclic amines) is 1. The summed E-state index contributed by atoms with van der Waals surface area (Å²) in [6.07, 6.45) is 0.992. The number of carboxylic acid groups (broad SMARTS) is 1. The van der Waals surface area contributed by atoms with E-state index in [4.69, 9.17) is 10.8 Å². The van der Waals surface area contributed by atoms with E-state index in [1.807, 2.05) is 6.92 Å². The van der Waals surface area contributed by atoms with Crippen molar-refractivity contribution < 1.29 is 14.7 Å². The van der Waals surface area contributed by atoms with E-state index in [0.717, 1.165) is 0 Å². The average molecular weight is 262 g/mol. The lowest BCUT2D eigenvalue weighted by molar-refractivity contribution is -0.143. The largest absolute Gasteiger partial charge is 0.481 e. The smallest absolute Gasteiger partial charge is 0.306 e. The van der Waals surface area contributed by atoms with Gasteiger partial charge in [0.1, 0.15) is 0 Å². The van der Waals surface area contributed by atoms with E-state index >= 15 is 0 Å². The molecule has 0 spiro atoms. The van der Waals surface area contributed by atoms with Crippen LogP contribution in [0.3, 0.4) is 0 Å². The van der Waals surface area contributed by atoms with Crippen LogP contribution in [-0.2, 0) is 4.79 Å². The molecule has 1 fully saturated rings. The van der Waals surface area contributed by atoms with E-state index in [1.165, 1.54) is 0 Å². The highest BCUT2D eigenvalue weighted by atomic mass is 16.4. The number of rotatable bonds is 2. The van der Waals surface area contributed by atoms with Gasteiger partial charge >= 0.3 is 5.97 Å². The van der Waals surface area contributed by atoms with E-state index in [2.05, 4.69) is 0 Å². The molecule has 102 valence electrons. The summed E-state index contributed by atoms with van der Waals surface area (Å²) in [4.78, 5) is 25.1. The van der Waals surface area contributed by atoms with E-state index in [1.54, 1.807) is 29.2 Å². The van der Waals surface area contributed by atoms with Crippen molar-refractivity contribution in [1.82, 2.24) is 4.90 Å². The minimum Gasteiger partial charge on any atom is -0.481 e. The zero-order chi connectivity index (χ0) is 14.0. The van der Waals surface area contributed by atoms with Crippen molar-refractivity contribution in [3.8, 4) is 0 Å². The quantitative estimate of drug-likeness (QED) is 0.793. The summed E-state index contributed by atoms with van der Waals surface area (Å²) in [7, 11) is 0. The lowest BCUT2D eigenvalue weighted by Crippen LogP contribution is -2.46. The standard InChI is InChI=1S/C14H18N2O3/c1-9-8-10(14(18)19)6-7-16(9)13(17)11-4-2-3-5-12(11)15/h2-5,9-10H,6-8,15H2,1H3,(H,18,19). The Labute approximate surface area is 112 Å². The van der Waals surface area contributed by atoms with Crippen molar-refractivity contribution in [3.63, 3.8) is 0 Å². The summed E-state index contributed by atoms with van der Waals surface area (Å²) in [5.74, 6) is -1.25. The van der Waals surface area contributed by atoms with E-state index < -0.39 is 5.97 Å². The molecule has 0 radical (unpaired) electrons. The molecule has 2 atom stereocenters. The van der Waals surface area contributed by atoms with Crippen molar-refractivity contribution in [3.05, 3.63) is 29.8 Å². The zero-order valence-electron chi connectivity index (χ0n) is 10.9. The molecule has 19 heavy (non-hydrogen) atoms. The Morgan fingerprint density at radius 2 is 2.05 bits per heavy atom. The highest BCUT2D eigenvalue weighted by Gasteiger charge is 2.32. The van der Waals surface area contributed by atoms with Gasteiger partial charge in [0.25, 0.3) is 5.91 Å². The van der Waals surface area contributed by atoms with Crippen LogP contribution in [0.25, 0.3) is 0 Å². The van der Waals surface area contributed by atoms with Crippen molar-refractivity contribution in [2.24, 2.45) is 5.92 Å². The number of amides is 1. The molecule has 1 aliphatic heterocycles. The number of anilines is 1. The van der Waals surface area contributed by atoms with Crippen molar-refractivity contribution in [1.29, 1.82) is 0 Å². The predicted molar refractivity (Wildman–Crippen MR) is 71.7 cm³/mol. The molecule has 5 nitrogen and oxygen atoms in total. The number of hydrogen-bond acceptors (Lipinski definition) is 3. The van der Waals surface area contributed by atoms with Gasteiger partial charge in [-0.05, 0) is 31.9 Å². The lowest BCUT2D eigenvalue weighted by Gasteiger charge is -2.36. The van der Waals surface area contributed by atoms with E-state index in [9.17, 15) is 9.59 Å². The third-order valence-electron chi connectivity index (χ3n) is 3.68. The number of nitrogens with two attached hydrogens (primary N) is 1. The van der Waals surface area contributed by atoms with Gasteiger partial charge in [0, 0.05) is 18.3 Å². The van der Waals surface area contributed by atoms with Gasteiger partial charge in [0.2, 0.25) is 0 Å². The van der Waals surface area contributed by atoms with Gasteiger partial charge in [0.05, 0.1) is 11.5 Å². The Balaban J connectivity index is 2.13. The SMILES string of the molecule is CC1CC(C(=O)O)CCN1C(=O)c1ccccc1N. The molecule has 1 heterocycles. The van der Waals surface area contributed by atoms with Crippen LogP contribution in [0.2, 0.25) is 0 Å². The molecule has 0 saturated carbocycles. The highest BCUT2D eigenvalue weighted by Crippen LogP contribution is 2.25. The maximum Gasteiger partial charge on any atom is 0.306 e. The number of carbonyl (C=O) groups excluding carboxylic acids is 1. The molecule has 1 aliphatic rings. The fourth-order valence-corrected chi connectivity index (χ4v) is 2.54. The van der Waals surface area contributed by atoms with Crippen LogP contribution in [-0.4, -0.2) is 34.5 Å². The first kappa shape index (κ1) is 13.4. The molecule has 3 N–H and O–H groups in total. The fraction of sp³-hybridized carbons (Fsp3) is 0.429. The molecule has 1 aromatic carbocycles. The third kappa shape index (κ3) is 2.70. The van der Waals surface area contributed by atoms with Crippen molar-refractivity contribution in [2.75, 3.05) is 12.3 Å². The van der Waals surface area contributed by atoms with Crippen LogP contribution < -0.4 is 5.73 Å². The van der Waals surface area contributed by atoms with Gasteiger partial charge in [-0.1, -0.05) is 12.1 Å². The lowest BCUT2D eigenvalue weighted by atomic mass is 9.91. The van der Waals surface area contributed by atoms with Crippen molar-refractivity contribution >= 4 is 17.6 Å². The van der Waals surface area contributed by atoms with Gasteiger partial charge in [-0.3, -0.25) is 9.59 Å². The first-order chi connectivity index (χ1) is 9.00. The number of nitrogen functional groups attached to an aromatic ring is 1. The Morgan fingerprint density at radius 1 is 1.37 bits per heavy atom. The van der Waals surface area contributed by atoms with Crippen LogP contribution in [0.4, 0.5) is 5.69 Å². The number of carboxylic acids is 1. The maximum atomic E-state index is 12.4. The fourth-order valence-electron chi connectivity index (χ4n) is 2.54. The van der Waals surface area contributed by atoms with Crippen LogP contribution in [0.1, 0.15) is 30.1 Å². The Morgan fingerprint density at radius 3 is 2.63 bits per heavy atom. The Kier molecular flexibility index (Phi) is 3.74. The van der Waals surface area contributed by atoms with Gasteiger partial charge in [0.15, 0.2) is 0 Å². The van der Waals surface area contributed by atoms with Gasteiger partial charge in [-0.25, -0.2) is 0 Å². The molecule has 0 aliphatic carbocycles. The summed E-state index contributed by atoms with van der Waals surface area (Å²) in [5.41, 5.74) is 6.75. The second-order valence-corrected chi connectivity index (χ2v) is 4.99. The molecular weight excluding hydrogens is 244 g/mol. The topological polar surface area (TPSA) is 83.6 Å². The molecule has 5 heteroatoms. The van der Waals surface area contributed by atoms with E-state index in [-0.39, 0.29) is 17.9 Å². The minimum atomic E-state index is -0.779. The van der Waals surface area contributed by atoms with Crippen LogP contribution in [0.15, 0.2) is 24.3 Å². The Hall–Kier alpha value is -2.04. The summed E-state index contributed by atoms with van der Waals surface area (Å²) < 4.78 is 0. The summed E-state index contributed by atoms with van der Waals surface area (Å²) in [5, 5.41) is 9.02. The number of hydrogen-bond donors (Lipinski definition) is 2. The van der Waals surface area contributed by atoms with Gasteiger partial charge in [-0.2, -0.15) is 0 Å². The van der Waals surface area contributed by atoms with Crippen LogP contribution >= 0.6 is 0 Å². The minimum absolute atomic E-state index is 0.0815. The number of nitrogens with zero attached hydrogens (tertiary/aromatic N) is 1. The van der Waals surface area contributed by atoms with Crippen LogP contribution in [0, 0.1) is 5.92 Å². The molecular formula is C14H18N2O3. The monoisotopic (exact) mass is 262 g/mol. The molecule has 2 unspecified atom stereocenters. The number of carbonyl (C=O) groups is 2. The summed E-state index contributed by atoms with van der Waals surface area (Å²) >= 11 is 0. The van der Waals surface area contributed by atoms with Gasteiger partial charge < -0.3 is 15.7 Å². The third-order valence-corrected chi connectivity index (χ3v) is 3.68. The Bertz CT molecular complexity index is 501. The normalized spacial score (nSPS) is 23.1. The number of para-hydroxylation sites is 1. The first-order valence-corrected chi connectivity index (χ1v) is 6.39. The zero-order valence-corrected chi connectivity index (χ0v) is 10.9. The van der Waals surface area contributed by atoms with Crippen molar-refractivity contribution in [2.45, 2.75) is 25.8 Å². The first-order valence-electron chi connectivity index (χ1n) is 6.39. The second-order valence-electron chi connectivity index (χ2n) is 4.99. The number of piperidine rings is 1. The van der Waals surface area contributed by atoms with Gasteiger partial charge in [-0.15, -0.1) is 0 Å². The molecule has 1 saturated heterocycles. The number of aliphatic carboxylic acids is 1. The predicted octanol–water partition coefficient (Wildman–Crippen LogP) is 1.59. The average Bonchev–Trinajstić information content (AvgIpc) is 2.38. The second kappa shape index (κ2) is 5.30.